The standard InChI is InChI=1S/C20H22ClN3O2/c1-13-4-7-16(21)11-18(13)23-20(26)14-5-8-17(9-6-14)24-10-2-3-15(12-24)19(22)25/h4-9,11,15H,2-3,10,12H2,1H3,(H2,22,25)(H,23,26). The van der Waals surface area contributed by atoms with Crippen LogP contribution in [0, 0.1) is 12.8 Å². The molecule has 0 bridgehead atoms. The number of rotatable bonds is 4. The average molecular weight is 372 g/mol. The second kappa shape index (κ2) is 7.79. The fraction of sp³-hybridized carbons (Fsp3) is 0.300. The fourth-order valence-electron chi connectivity index (χ4n) is 3.19. The highest BCUT2D eigenvalue weighted by molar-refractivity contribution is 6.31. The highest BCUT2D eigenvalue weighted by atomic mass is 35.5. The Labute approximate surface area is 158 Å². The molecule has 0 aromatic heterocycles. The van der Waals surface area contributed by atoms with E-state index in [2.05, 4.69) is 10.2 Å². The highest BCUT2D eigenvalue weighted by Crippen LogP contribution is 2.24. The Morgan fingerprint density at radius 3 is 2.62 bits per heavy atom. The lowest BCUT2D eigenvalue weighted by molar-refractivity contribution is -0.122. The van der Waals surface area contributed by atoms with Crippen LogP contribution in [0.5, 0.6) is 0 Å². The summed E-state index contributed by atoms with van der Waals surface area (Å²) in [5.41, 5.74) is 8.65. The molecule has 1 unspecified atom stereocenters. The maximum atomic E-state index is 12.5. The smallest absolute Gasteiger partial charge is 0.255 e. The molecule has 1 atom stereocenters. The van der Waals surface area contributed by atoms with Crippen molar-refractivity contribution in [3.63, 3.8) is 0 Å². The third kappa shape index (κ3) is 4.17. The molecule has 0 saturated carbocycles. The van der Waals surface area contributed by atoms with E-state index in [1.165, 1.54) is 0 Å². The first kappa shape index (κ1) is 18.3. The van der Waals surface area contributed by atoms with Crippen molar-refractivity contribution in [2.24, 2.45) is 11.7 Å². The second-order valence-electron chi connectivity index (χ2n) is 6.65. The Bertz CT molecular complexity index is 820. The number of nitrogens with two attached hydrogens (primary N) is 1. The van der Waals surface area contributed by atoms with Gasteiger partial charge in [0.1, 0.15) is 0 Å². The van der Waals surface area contributed by atoms with Gasteiger partial charge in [-0.1, -0.05) is 17.7 Å². The number of nitrogens with zero attached hydrogens (tertiary/aromatic N) is 1. The lowest BCUT2D eigenvalue weighted by Crippen LogP contribution is -2.41. The quantitative estimate of drug-likeness (QED) is 0.862. The van der Waals surface area contributed by atoms with Gasteiger partial charge in [0.05, 0.1) is 5.92 Å². The molecule has 0 aliphatic carbocycles. The van der Waals surface area contributed by atoms with Crippen LogP contribution < -0.4 is 16.0 Å². The van der Waals surface area contributed by atoms with E-state index in [1.807, 2.05) is 25.1 Å². The maximum absolute atomic E-state index is 12.5. The number of halogens is 1. The lowest BCUT2D eigenvalue weighted by atomic mass is 9.97. The topological polar surface area (TPSA) is 75.4 Å². The van der Waals surface area contributed by atoms with Gasteiger partial charge in [-0.05, 0) is 61.7 Å². The van der Waals surface area contributed by atoms with Gasteiger partial charge in [0, 0.05) is 35.1 Å². The molecule has 3 N–H and O–H groups in total. The number of hydrogen-bond acceptors (Lipinski definition) is 3. The number of carbonyl (C=O) groups excluding carboxylic acids is 2. The van der Waals surface area contributed by atoms with Crippen LogP contribution in [-0.4, -0.2) is 24.9 Å². The monoisotopic (exact) mass is 371 g/mol. The third-order valence-corrected chi connectivity index (χ3v) is 5.00. The SMILES string of the molecule is Cc1ccc(Cl)cc1NC(=O)c1ccc(N2CCCC(C(N)=O)C2)cc1. The number of nitrogens with one attached hydrogen (secondary N) is 1. The van der Waals surface area contributed by atoms with Crippen molar-refractivity contribution in [3.8, 4) is 0 Å². The average Bonchev–Trinajstić information content (AvgIpc) is 2.65. The minimum Gasteiger partial charge on any atom is -0.371 e. The Morgan fingerprint density at radius 1 is 1.19 bits per heavy atom. The first-order valence-electron chi connectivity index (χ1n) is 8.66. The van der Waals surface area contributed by atoms with Crippen LogP contribution in [0.3, 0.4) is 0 Å². The van der Waals surface area contributed by atoms with Crippen molar-refractivity contribution < 1.29 is 9.59 Å². The molecule has 1 saturated heterocycles. The molecular formula is C20H22ClN3O2. The number of piperidine rings is 1. The third-order valence-electron chi connectivity index (χ3n) is 4.77. The zero-order valence-corrected chi connectivity index (χ0v) is 15.4. The molecule has 1 aliphatic rings. The normalized spacial score (nSPS) is 17.0. The number of benzene rings is 2. The van der Waals surface area contributed by atoms with Gasteiger partial charge in [-0.3, -0.25) is 9.59 Å². The molecule has 2 amide bonds. The van der Waals surface area contributed by atoms with Gasteiger partial charge in [-0.25, -0.2) is 0 Å². The summed E-state index contributed by atoms with van der Waals surface area (Å²) in [4.78, 5) is 26.1. The molecule has 0 spiro atoms. The van der Waals surface area contributed by atoms with Crippen LogP contribution in [0.1, 0.15) is 28.8 Å². The van der Waals surface area contributed by atoms with Gasteiger partial charge < -0.3 is 16.0 Å². The van der Waals surface area contributed by atoms with Crippen LogP contribution in [0.15, 0.2) is 42.5 Å². The molecule has 3 rings (SSSR count). The van der Waals surface area contributed by atoms with Crippen LogP contribution in [-0.2, 0) is 4.79 Å². The molecule has 0 radical (unpaired) electrons. The zero-order chi connectivity index (χ0) is 18.7. The van der Waals surface area contributed by atoms with Crippen molar-refractivity contribution >= 4 is 34.8 Å². The Morgan fingerprint density at radius 2 is 1.92 bits per heavy atom. The van der Waals surface area contributed by atoms with Crippen molar-refractivity contribution in [1.82, 2.24) is 0 Å². The molecule has 6 heteroatoms. The molecule has 2 aromatic carbocycles. The molecule has 26 heavy (non-hydrogen) atoms. The molecule has 5 nitrogen and oxygen atoms in total. The fourth-order valence-corrected chi connectivity index (χ4v) is 3.36. The van der Waals surface area contributed by atoms with E-state index in [1.54, 1.807) is 24.3 Å². The molecule has 1 fully saturated rings. The molecule has 136 valence electrons. The van der Waals surface area contributed by atoms with E-state index in [-0.39, 0.29) is 17.7 Å². The van der Waals surface area contributed by atoms with E-state index < -0.39 is 0 Å². The van der Waals surface area contributed by atoms with E-state index in [0.717, 1.165) is 30.6 Å². The summed E-state index contributed by atoms with van der Waals surface area (Å²) in [5.74, 6) is -0.546. The minimum atomic E-state index is -0.248. The summed E-state index contributed by atoms with van der Waals surface area (Å²) in [6.07, 6.45) is 1.77. The van der Waals surface area contributed by atoms with Gasteiger partial charge in [-0.15, -0.1) is 0 Å². The second-order valence-corrected chi connectivity index (χ2v) is 7.08. The van der Waals surface area contributed by atoms with Crippen molar-refractivity contribution in [3.05, 3.63) is 58.6 Å². The summed E-state index contributed by atoms with van der Waals surface area (Å²) in [5, 5.41) is 3.47. The van der Waals surface area contributed by atoms with Gasteiger partial charge in [0.25, 0.3) is 5.91 Å². The van der Waals surface area contributed by atoms with Crippen LogP contribution >= 0.6 is 11.6 Å². The molecular weight excluding hydrogens is 350 g/mol. The highest BCUT2D eigenvalue weighted by Gasteiger charge is 2.24. The van der Waals surface area contributed by atoms with Crippen LogP contribution in [0.4, 0.5) is 11.4 Å². The van der Waals surface area contributed by atoms with Crippen molar-refractivity contribution in [2.75, 3.05) is 23.3 Å². The summed E-state index contributed by atoms with van der Waals surface area (Å²) in [6, 6.07) is 12.8. The van der Waals surface area contributed by atoms with Crippen molar-refractivity contribution in [2.45, 2.75) is 19.8 Å². The Kier molecular flexibility index (Phi) is 5.47. The number of aryl methyl sites for hydroxylation is 1. The van der Waals surface area contributed by atoms with E-state index >= 15 is 0 Å². The van der Waals surface area contributed by atoms with Gasteiger partial charge in [-0.2, -0.15) is 0 Å². The Hall–Kier alpha value is -2.53. The first-order valence-corrected chi connectivity index (χ1v) is 9.03. The number of primary amides is 1. The maximum Gasteiger partial charge on any atom is 0.255 e. The summed E-state index contributed by atoms with van der Waals surface area (Å²) in [6.45, 7) is 3.43. The van der Waals surface area contributed by atoms with Gasteiger partial charge in [0.15, 0.2) is 0 Å². The summed E-state index contributed by atoms with van der Waals surface area (Å²) >= 11 is 6.00. The zero-order valence-electron chi connectivity index (χ0n) is 14.7. The first-order chi connectivity index (χ1) is 12.4. The Balaban J connectivity index is 1.70. The minimum absolute atomic E-state index is 0.113. The number of anilines is 2. The number of carbonyl (C=O) groups is 2. The summed E-state index contributed by atoms with van der Waals surface area (Å²) < 4.78 is 0. The van der Waals surface area contributed by atoms with E-state index in [0.29, 0.717) is 22.8 Å². The summed E-state index contributed by atoms with van der Waals surface area (Å²) in [7, 11) is 0. The largest absolute Gasteiger partial charge is 0.371 e. The van der Waals surface area contributed by atoms with Crippen molar-refractivity contribution in [1.29, 1.82) is 0 Å². The van der Waals surface area contributed by atoms with Gasteiger partial charge >= 0.3 is 0 Å². The van der Waals surface area contributed by atoms with Crippen LogP contribution in [0.2, 0.25) is 5.02 Å². The van der Waals surface area contributed by atoms with E-state index in [9.17, 15) is 9.59 Å². The lowest BCUT2D eigenvalue weighted by Gasteiger charge is -2.33. The molecule has 2 aromatic rings. The molecule has 1 aliphatic heterocycles. The van der Waals surface area contributed by atoms with Crippen LogP contribution in [0.25, 0.3) is 0 Å². The van der Waals surface area contributed by atoms with E-state index in [4.69, 9.17) is 17.3 Å². The predicted octanol–water partition coefficient (Wildman–Crippen LogP) is 3.60. The number of amides is 2. The number of hydrogen-bond donors (Lipinski definition) is 2. The predicted molar refractivity (Wildman–Crippen MR) is 105 cm³/mol. The van der Waals surface area contributed by atoms with Gasteiger partial charge in [0.2, 0.25) is 5.91 Å². The molecule has 1 heterocycles.